The van der Waals surface area contributed by atoms with Crippen molar-refractivity contribution in [2.75, 3.05) is 4.90 Å². The number of hydrogen-bond donors (Lipinski definition) is 0. The van der Waals surface area contributed by atoms with Gasteiger partial charge in [0.1, 0.15) is 22.3 Å². The zero-order chi connectivity index (χ0) is 51.5. The number of furan rings is 2. The summed E-state index contributed by atoms with van der Waals surface area (Å²) in [6.07, 6.45) is 0. The van der Waals surface area contributed by atoms with E-state index >= 15 is 0 Å². The second-order valence-electron chi connectivity index (χ2n) is 24.5. The molecule has 366 valence electrons. The Kier molecular flexibility index (Phi) is 8.38. The number of benzene rings is 10. The minimum Gasteiger partial charge on any atom is -0.456 e. The summed E-state index contributed by atoms with van der Waals surface area (Å²) in [5.74, 6) is 0. The van der Waals surface area contributed by atoms with Crippen molar-refractivity contribution in [1.82, 2.24) is 0 Å². The first-order valence-electron chi connectivity index (χ1n) is 27.1. The molecule has 0 amide bonds. The van der Waals surface area contributed by atoms with E-state index in [4.69, 9.17) is 8.83 Å². The topological polar surface area (TPSA) is 29.5 Å². The van der Waals surface area contributed by atoms with Crippen molar-refractivity contribution in [3.05, 3.63) is 232 Å². The second kappa shape index (κ2) is 14.5. The number of fused-ring (bicyclic) bond motifs is 20. The van der Waals surface area contributed by atoms with E-state index in [0.29, 0.717) is 0 Å². The van der Waals surface area contributed by atoms with Crippen LogP contribution in [0.25, 0.3) is 99.5 Å². The number of anilines is 3. The fourth-order valence-electron chi connectivity index (χ4n) is 14.8. The highest BCUT2D eigenvalue weighted by atomic mass is 16.3. The summed E-state index contributed by atoms with van der Waals surface area (Å²) < 4.78 is 13.5. The third-order valence-electron chi connectivity index (χ3n) is 18.9. The van der Waals surface area contributed by atoms with Crippen LogP contribution in [0.2, 0.25) is 0 Å². The van der Waals surface area contributed by atoms with Gasteiger partial charge in [0.2, 0.25) is 0 Å². The normalized spacial score (nSPS) is 16.1. The first-order valence-corrected chi connectivity index (χ1v) is 27.1. The van der Waals surface area contributed by atoms with Gasteiger partial charge in [-0.15, -0.1) is 0 Å². The monoisotopic (exact) mass is 979 g/mol. The van der Waals surface area contributed by atoms with Gasteiger partial charge in [-0.05, 0) is 180 Å². The van der Waals surface area contributed by atoms with Crippen LogP contribution in [-0.2, 0) is 21.7 Å². The number of rotatable bonds is 4. The second-order valence-corrected chi connectivity index (χ2v) is 24.5. The Bertz CT molecular complexity index is 4590. The average Bonchev–Trinajstić information content (AvgIpc) is 4.21. The zero-order valence-electron chi connectivity index (χ0n) is 44.6. The van der Waals surface area contributed by atoms with E-state index in [1.807, 2.05) is 0 Å². The molecule has 4 aliphatic carbocycles. The number of para-hydroxylation sites is 2. The van der Waals surface area contributed by atoms with Crippen molar-refractivity contribution in [2.24, 2.45) is 0 Å². The molecule has 0 bridgehead atoms. The molecule has 76 heavy (non-hydrogen) atoms. The van der Waals surface area contributed by atoms with E-state index in [-0.39, 0.29) is 21.7 Å². The molecule has 0 aliphatic heterocycles. The first-order chi connectivity index (χ1) is 36.6. The van der Waals surface area contributed by atoms with Crippen LogP contribution in [0, 0.1) is 6.92 Å². The summed E-state index contributed by atoms with van der Waals surface area (Å²) in [5.41, 5.74) is 31.2. The minimum absolute atomic E-state index is 0.117. The van der Waals surface area contributed by atoms with Gasteiger partial charge in [-0.2, -0.15) is 0 Å². The molecule has 2 heterocycles. The zero-order valence-corrected chi connectivity index (χ0v) is 44.6. The SMILES string of the molecule is Cc1ccc(N(c2ccc3c(c2)C(C)(C)c2cc4c(cc2-3)C(C)(C)c2ccc3oc5ccccc5c3c2-4)c2ccc3c(c2)C(C)(C)c2cc(-c4ccc5c(c4)C(C)(C)c4ccccc4-5)c4oc5ccccc5c4c2-3)cc1. The van der Waals surface area contributed by atoms with Gasteiger partial charge in [-0.3, -0.25) is 0 Å². The molecule has 0 saturated carbocycles. The minimum atomic E-state index is -0.324. The van der Waals surface area contributed by atoms with Crippen molar-refractivity contribution in [3.8, 4) is 55.6 Å². The Morgan fingerprint density at radius 2 is 0.816 bits per heavy atom. The third-order valence-corrected chi connectivity index (χ3v) is 18.9. The number of hydrogen-bond acceptors (Lipinski definition) is 3. The Hall–Kier alpha value is -8.40. The molecule has 0 saturated heterocycles. The summed E-state index contributed by atoms with van der Waals surface area (Å²) in [5, 5.41) is 4.76. The van der Waals surface area contributed by atoms with Crippen LogP contribution in [0.1, 0.15) is 105 Å². The first kappa shape index (κ1) is 43.9. The van der Waals surface area contributed by atoms with Gasteiger partial charge >= 0.3 is 0 Å². The Labute approximate surface area is 444 Å². The Balaban J connectivity index is 0.843. The maximum Gasteiger partial charge on any atom is 0.143 e. The molecule has 0 spiro atoms. The molecule has 4 aliphatic rings. The lowest BCUT2D eigenvalue weighted by atomic mass is 9.79. The molecule has 0 unspecified atom stereocenters. The number of nitrogens with zero attached hydrogens (tertiary/aromatic N) is 1. The highest BCUT2D eigenvalue weighted by Gasteiger charge is 2.44. The van der Waals surface area contributed by atoms with E-state index in [1.54, 1.807) is 0 Å². The lowest BCUT2D eigenvalue weighted by Gasteiger charge is -2.30. The molecule has 3 nitrogen and oxygen atoms in total. The molecular formula is C73H57NO2. The summed E-state index contributed by atoms with van der Waals surface area (Å²) in [6, 6.07) is 68.7. The third kappa shape index (κ3) is 5.52. The van der Waals surface area contributed by atoms with E-state index in [9.17, 15) is 0 Å². The molecule has 0 N–H and O–H groups in total. The molecule has 0 atom stereocenters. The van der Waals surface area contributed by atoms with Crippen LogP contribution in [0.5, 0.6) is 0 Å². The van der Waals surface area contributed by atoms with Crippen LogP contribution in [-0.4, -0.2) is 0 Å². The predicted molar refractivity (Wildman–Crippen MR) is 316 cm³/mol. The molecule has 16 rings (SSSR count). The fraction of sp³-hybridized carbons (Fsp3) is 0.178. The molecule has 3 heteroatoms. The predicted octanol–water partition coefficient (Wildman–Crippen LogP) is 20.2. The van der Waals surface area contributed by atoms with E-state index < -0.39 is 0 Å². The molecule has 12 aromatic rings. The van der Waals surface area contributed by atoms with Gasteiger partial charge < -0.3 is 13.7 Å². The van der Waals surface area contributed by atoms with Gasteiger partial charge in [0.25, 0.3) is 0 Å². The molecule has 0 fully saturated rings. The summed E-state index contributed by atoms with van der Waals surface area (Å²) in [6.45, 7) is 21.4. The molecule has 2 aromatic heterocycles. The smallest absolute Gasteiger partial charge is 0.143 e. The van der Waals surface area contributed by atoms with E-state index in [0.717, 1.165) is 50.3 Å². The van der Waals surface area contributed by atoms with Crippen molar-refractivity contribution < 1.29 is 8.83 Å². The lowest BCUT2D eigenvalue weighted by molar-refractivity contribution is 0.651. The average molecular weight is 980 g/mol. The highest BCUT2D eigenvalue weighted by molar-refractivity contribution is 6.19. The largest absolute Gasteiger partial charge is 0.456 e. The van der Waals surface area contributed by atoms with Gasteiger partial charge in [0.05, 0.1) is 0 Å². The molecule has 10 aromatic carbocycles. The van der Waals surface area contributed by atoms with Gasteiger partial charge in [0, 0.05) is 65.8 Å². The van der Waals surface area contributed by atoms with Crippen molar-refractivity contribution >= 4 is 60.9 Å². The molecular weight excluding hydrogens is 923 g/mol. The Morgan fingerprint density at radius 3 is 1.58 bits per heavy atom. The summed E-state index contributed by atoms with van der Waals surface area (Å²) >= 11 is 0. The van der Waals surface area contributed by atoms with Crippen LogP contribution in [0.4, 0.5) is 17.1 Å². The summed E-state index contributed by atoms with van der Waals surface area (Å²) in [7, 11) is 0. The molecule has 0 radical (unpaired) electrons. The van der Waals surface area contributed by atoms with Crippen molar-refractivity contribution in [2.45, 2.75) is 84.0 Å². The van der Waals surface area contributed by atoms with Crippen molar-refractivity contribution in [3.63, 3.8) is 0 Å². The maximum absolute atomic E-state index is 7.01. The van der Waals surface area contributed by atoms with Crippen LogP contribution < -0.4 is 4.90 Å². The van der Waals surface area contributed by atoms with Gasteiger partial charge in [-0.1, -0.05) is 164 Å². The van der Waals surface area contributed by atoms with Crippen LogP contribution in [0.15, 0.2) is 191 Å². The standard InChI is InChI=1S/C73H57NO2/c1-40-22-25-42(26-23-40)74(43-27-30-47-52-38-60-53(39-59(52)72(6,7)57(47)35-43)66-55(71(60,4)5)32-33-64-67(66)49-17-11-14-20-62(49)75-64)44-28-31-48-58(36-44)73(8,9)61-37-51(69-68(65(48)61)50-18-12-15-21-63(50)76-69)41-24-29-46-45-16-10-13-19-54(45)70(2,3)56(46)34-41/h10-39H,1-9H3. The van der Waals surface area contributed by atoms with Gasteiger partial charge in [0.15, 0.2) is 0 Å². The van der Waals surface area contributed by atoms with Crippen molar-refractivity contribution in [1.29, 1.82) is 0 Å². The van der Waals surface area contributed by atoms with Crippen LogP contribution >= 0.6 is 0 Å². The maximum atomic E-state index is 7.01. The lowest BCUT2D eigenvalue weighted by Crippen LogP contribution is -2.18. The Morgan fingerprint density at radius 1 is 0.316 bits per heavy atom. The quantitative estimate of drug-likeness (QED) is 0.176. The van der Waals surface area contributed by atoms with E-state index in [1.165, 1.54) is 116 Å². The van der Waals surface area contributed by atoms with E-state index in [2.05, 4.69) is 249 Å². The number of aryl methyl sites for hydroxylation is 1. The fourth-order valence-corrected chi connectivity index (χ4v) is 14.8. The highest BCUT2D eigenvalue weighted by Crippen LogP contribution is 2.61. The van der Waals surface area contributed by atoms with Crippen LogP contribution in [0.3, 0.4) is 0 Å². The summed E-state index contributed by atoms with van der Waals surface area (Å²) in [4.78, 5) is 2.48. The van der Waals surface area contributed by atoms with Gasteiger partial charge in [-0.25, -0.2) is 0 Å².